The molecule has 0 unspecified atom stereocenters. The SMILES string of the molecule is COC(=S)NC[C@H]1CN(c2ccc(N3CCNN(C(=O)C=Cc4ccncc4)CC3)c(F)c2)C(=O)O1. The van der Waals surface area contributed by atoms with Crippen molar-refractivity contribution in [2.24, 2.45) is 0 Å². The first-order chi connectivity index (χ1) is 17.4. The van der Waals surface area contributed by atoms with Crippen LogP contribution < -0.4 is 20.5 Å². The molecule has 36 heavy (non-hydrogen) atoms. The molecule has 12 heteroatoms. The summed E-state index contributed by atoms with van der Waals surface area (Å²) in [5, 5.41) is 4.57. The maximum atomic E-state index is 15.1. The predicted molar refractivity (Wildman–Crippen MR) is 137 cm³/mol. The zero-order valence-corrected chi connectivity index (χ0v) is 20.5. The molecular formula is C24H27FN6O4S. The van der Waals surface area contributed by atoms with Crippen LogP contribution in [0.1, 0.15) is 5.56 Å². The molecule has 190 valence electrons. The van der Waals surface area contributed by atoms with Gasteiger partial charge >= 0.3 is 6.09 Å². The van der Waals surface area contributed by atoms with Crippen molar-refractivity contribution in [3.63, 3.8) is 0 Å². The molecule has 2 amide bonds. The van der Waals surface area contributed by atoms with Gasteiger partial charge in [0.15, 0.2) is 0 Å². The molecule has 3 heterocycles. The molecule has 0 radical (unpaired) electrons. The van der Waals surface area contributed by atoms with Crippen LogP contribution in [0.5, 0.6) is 0 Å². The van der Waals surface area contributed by atoms with Gasteiger partial charge in [0.1, 0.15) is 11.9 Å². The summed E-state index contributed by atoms with van der Waals surface area (Å²) in [5.74, 6) is -0.646. The second kappa shape index (κ2) is 11.8. The van der Waals surface area contributed by atoms with Gasteiger partial charge in [0.25, 0.3) is 11.1 Å². The molecule has 4 rings (SSSR count). The van der Waals surface area contributed by atoms with E-state index in [1.807, 2.05) is 17.0 Å². The molecule has 2 saturated heterocycles. The van der Waals surface area contributed by atoms with E-state index in [2.05, 4.69) is 15.7 Å². The normalized spacial score (nSPS) is 18.2. The summed E-state index contributed by atoms with van der Waals surface area (Å²) in [4.78, 5) is 32.1. The maximum absolute atomic E-state index is 15.1. The van der Waals surface area contributed by atoms with E-state index >= 15 is 4.39 Å². The van der Waals surface area contributed by atoms with Crippen molar-refractivity contribution in [1.82, 2.24) is 20.7 Å². The molecule has 2 aromatic rings. The van der Waals surface area contributed by atoms with E-state index in [0.29, 0.717) is 44.1 Å². The lowest BCUT2D eigenvalue weighted by atomic mass is 10.2. The van der Waals surface area contributed by atoms with Crippen molar-refractivity contribution >= 4 is 46.8 Å². The predicted octanol–water partition coefficient (Wildman–Crippen LogP) is 1.93. The number of halogens is 1. The first kappa shape index (κ1) is 25.3. The fraction of sp³-hybridized carbons (Fsp3) is 0.333. The molecule has 0 spiro atoms. The number of carbonyl (C=O) groups excluding carboxylic acids is 2. The van der Waals surface area contributed by atoms with Gasteiger partial charge < -0.3 is 19.7 Å². The van der Waals surface area contributed by atoms with Gasteiger partial charge in [-0.25, -0.2) is 14.6 Å². The molecule has 2 aliphatic rings. The fourth-order valence-electron chi connectivity index (χ4n) is 3.92. The first-order valence-corrected chi connectivity index (χ1v) is 11.8. The molecule has 2 fully saturated rings. The van der Waals surface area contributed by atoms with E-state index in [4.69, 9.17) is 21.7 Å². The number of nitrogens with one attached hydrogen (secondary N) is 2. The molecule has 1 atom stereocenters. The van der Waals surface area contributed by atoms with Gasteiger partial charge in [-0.05, 0) is 54.2 Å². The minimum absolute atomic E-state index is 0.188. The van der Waals surface area contributed by atoms with Crippen LogP contribution in [0, 0.1) is 5.82 Å². The van der Waals surface area contributed by atoms with Crippen molar-refractivity contribution in [3.8, 4) is 0 Å². The number of methoxy groups -OCH3 is 1. The molecule has 0 aliphatic carbocycles. The zero-order valence-electron chi connectivity index (χ0n) is 19.7. The van der Waals surface area contributed by atoms with Gasteiger partial charge in [-0.1, -0.05) is 0 Å². The summed E-state index contributed by atoms with van der Waals surface area (Å²) in [6.07, 6.45) is 5.54. The van der Waals surface area contributed by atoms with E-state index in [1.165, 1.54) is 29.2 Å². The van der Waals surface area contributed by atoms with E-state index < -0.39 is 18.0 Å². The summed E-state index contributed by atoms with van der Waals surface area (Å²) in [6.45, 7) is 2.34. The van der Waals surface area contributed by atoms with Crippen LogP contribution in [0.2, 0.25) is 0 Å². The molecule has 0 saturated carbocycles. The summed E-state index contributed by atoms with van der Waals surface area (Å²) < 4.78 is 25.3. The number of hydrazine groups is 1. The fourth-order valence-corrected chi connectivity index (χ4v) is 4.00. The minimum atomic E-state index is -0.551. The van der Waals surface area contributed by atoms with Crippen LogP contribution in [-0.4, -0.2) is 79.7 Å². The molecule has 2 N–H and O–H groups in total. The number of rotatable bonds is 6. The average molecular weight is 515 g/mol. The number of thiocarbonyl (C=S) groups is 1. The number of hydrogen-bond donors (Lipinski definition) is 2. The second-order valence-electron chi connectivity index (χ2n) is 8.12. The Balaban J connectivity index is 1.35. The smallest absolute Gasteiger partial charge is 0.414 e. The number of ether oxygens (including phenoxy) is 2. The molecule has 1 aromatic heterocycles. The van der Waals surface area contributed by atoms with Crippen LogP contribution in [0.3, 0.4) is 0 Å². The molecular weight excluding hydrogens is 487 g/mol. The van der Waals surface area contributed by atoms with Crippen molar-refractivity contribution in [2.75, 3.05) is 56.2 Å². The van der Waals surface area contributed by atoms with Gasteiger partial charge in [-0.2, -0.15) is 0 Å². The van der Waals surface area contributed by atoms with E-state index in [0.717, 1.165) is 5.56 Å². The number of amides is 2. The van der Waals surface area contributed by atoms with E-state index in [-0.39, 0.29) is 17.6 Å². The van der Waals surface area contributed by atoms with Crippen molar-refractivity contribution in [2.45, 2.75) is 6.10 Å². The Morgan fingerprint density at radius 3 is 2.86 bits per heavy atom. The van der Waals surface area contributed by atoms with E-state index in [9.17, 15) is 9.59 Å². The van der Waals surface area contributed by atoms with Crippen molar-refractivity contribution < 1.29 is 23.5 Å². The second-order valence-corrected chi connectivity index (χ2v) is 8.49. The van der Waals surface area contributed by atoms with Gasteiger partial charge in [-0.15, -0.1) is 0 Å². The number of pyridine rings is 1. The third-order valence-corrected chi connectivity index (χ3v) is 6.10. The quantitative estimate of drug-likeness (QED) is 0.443. The van der Waals surface area contributed by atoms with Gasteiger partial charge in [0.2, 0.25) is 0 Å². The first-order valence-electron chi connectivity index (χ1n) is 11.4. The maximum Gasteiger partial charge on any atom is 0.414 e. The summed E-state index contributed by atoms with van der Waals surface area (Å²) >= 11 is 4.93. The third kappa shape index (κ3) is 6.26. The summed E-state index contributed by atoms with van der Waals surface area (Å²) in [5.41, 5.74) is 4.77. The highest BCUT2D eigenvalue weighted by atomic mass is 32.1. The number of benzene rings is 1. The van der Waals surface area contributed by atoms with Gasteiger partial charge in [-0.3, -0.25) is 19.7 Å². The Bertz CT molecular complexity index is 1130. The van der Waals surface area contributed by atoms with Crippen molar-refractivity contribution in [1.29, 1.82) is 0 Å². The molecule has 1 aromatic carbocycles. The van der Waals surface area contributed by atoms with Crippen LogP contribution >= 0.6 is 12.2 Å². The number of hydrogen-bond acceptors (Lipinski definition) is 8. The molecule has 10 nitrogen and oxygen atoms in total. The van der Waals surface area contributed by atoms with Crippen LogP contribution in [0.25, 0.3) is 6.08 Å². The number of cyclic esters (lactones) is 1. The highest BCUT2D eigenvalue weighted by molar-refractivity contribution is 7.80. The lowest BCUT2D eigenvalue weighted by Crippen LogP contribution is -2.42. The van der Waals surface area contributed by atoms with Crippen LogP contribution in [0.15, 0.2) is 48.8 Å². The summed E-state index contributed by atoms with van der Waals surface area (Å²) in [7, 11) is 1.45. The number of carbonyl (C=O) groups is 2. The monoisotopic (exact) mass is 514 g/mol. The van der Waals surface area contributed by atoms with Gasteiger partial charge in [0, 0.05) is 38.1 Å². The minimum Gasteiger partial charge on any atom is -0.474 e. The number of anilines is 2. The van der Waals surface area contributed by atoms with Crippen LogP contribution in [0.4, 0.5) is 20.6 Å². The Kier molecular flexibility index (Phi) is 8.28. The highest BCUT2D eigenvalue weighted by Gasteiger charge is 2.33. The molecule has 2 aliphatic heterocycles. The topological polar surface area (TPSA) is 99.3 Å². The van der Waals surface area contributed by atoms with Gasteiger partial charge in [0.05, 0.1) is 38.1 Å². The number of aromatic nitrogens is 1. The van der Waals surface area contributed by atoms with E-state index in [1.54, 1.807) is 30.6 Å². The average Bonchev–Trinajstić information content (AvgIpc) is 3.09. The Hall–Kier alpha value is -3.77. The third-order valence-electron chi connectivity index (χ3n) is 5.79. The zero-order chi connectivity index (χ0) is 25.5. The van der Waals surface area contributed by atoms with Crippen molar-refractivity contribution in [3.05, 3.63) is 60.2 Å². The standard InChI is InChI=1S/C24H27FN6O4S/c1-34-23(36)27-15-19-16-30(24(33)35-19)18-3-4-21(20(25)14-18)29-11-10-28-31(13-12-29)22(32)5-2-17-6-8-26-9-7-17/h2-9,14,19,28H,10-13,15-16H2,1H3,(H,27,36)/t19-/m0/s1. The highest BCUT2D eigenvalue weighted by Crippen LogP contribution is 2.28. The number of nitrogens with zero attached hydrogens (tertiary/aromatic N) is 4. The largest absolute Gasteiger partial charge is 0.474 e. The molecule has 0 bridgehead atoms. The lowest BCUT2D eigenvalue weighted by molar-refractivity contribution is -0.128. The summed E-state index contributed by atoms with van der Waals surface area (Å²) in [6, 6.07) is 8.27. The van der Waals surface area contributed by atoms with Crippen LogP contribution in [-0.2, 0) is 14.3 Å². The lowest BCUT2D eigenvalue weighted by Gasteiger charge is -2.24. The Morgan fingerprint density at radius 2 is 2.11 bits per heavy atom. The Morgan fingerprint density at radius 1 is 1.31 bits per heavy atom. The Labute approximate surface area is 213 Å².